The number of benzene rings is 1. The fraction of sp³-hybridized carbons (Fsp3) is 0.267. The average molecular weight is 336 g/mol. The van der Waals surface area contributed by atoms with Crippen LogP contribution in [-0.4, -0.2) is 19.7 Å². The smallest absolute Gasteiger partial charge is 0.251 e. The van der Waals surface area contributed by atoms with E-state index in [1.807, 2.05) is 20.8 Å². The van der Waals surface area contributed by atoms with E-state index in [9.17, 15) is 4.39 Å². The first-order valence-corrected chi connectivity index (χ1v) is 7.28. The molecule has 0 atom stereocenters. The van der Waals surface area contributed by atoms with Crippen molar-refractivity contribution in [3.63, 3.8) is 0 Å². The van der Waals surface area contributed by atoms with E-state index in [1.54, 1.807) is 4.68 Å². The molecule has 0 aliphatic rings. The minimum Gasteiger partial charge on any atom is -0.437 e. The highest BCUT2D eigenvalue weighted by Gasteiger charge is 2.24. The van der Waals surface area contributed by atoms with Gasteiger partial charge in [-0.15, -0.1) is 5.10 Å². The standard InChI is InChI=1S/C15H15ClFN5O/c1-15(2,3)22-13-11(12(18)19-7-20-13)14(21-22)23-8-4-5-10(17)9(16)6-8/h4-7H,1-3H3,(H2,18,19,20). The molecule has 120 valence electrons. The minimum absolute atomic E-state index is 0.0359. The number of hydrogen-bond donors (Lipinski definition) is 1. The van der Waals surface area contributed by atoms with Crippen LogP contribution in [0.15, 0.2) is 24.5 Å². The molecule has 0 bridgehead atoms. The first kappa shape index (κ1) is 15.5. The summed E-state index contributed by atoms with van der Waals surface area (Å²) in [6.07, 6.45) is 1.38. The second-order valence-electron chi connectivity index (χ2n) is 6.02. The molecule has 3 aromatic rings. The van der Waals surface area contributed by atoms with Gasteiger partial charge in [0, 0.05) is 6.07 Å². The Labute approximate surface area is 137 Å². The number of fused-ring (bicyclic) bond motifs is 1. The monoisotopic (exact) mass is 335 g/mol. The Morgan fingerprint density at radius 2 is 2.00 bits per heavy atom. The fourth-order valence-corrected chi connectivity index (χ4v) is 2.31. The molecule has 8 heteroatoms. The zero-order chi connectivity index (χ0) is 16.8. The number of aromatic nitrogens is 4. The van der Waals surface area contributed by atoms with Crippen LogP contribution in [-0.2, 0) is 5.54 Å². The van der Waals surface area contributed by atoms with Crippen molar-refractivity contribution in [2.75, 3.05) is 5.73 Å². The number of nitrogen functional groups attached to an aromatic ring is 1. The molecule has 1 aromatic carbocycles. The third kappa shape index (κ3) is 2.79. The predicted molar refractivity (Wildman–Crippen MR) is 86.2 cm³/mol. The Bertz CT molecular complexity index is 887. The predicted octanol–water partition coefficient (Wildman–Crippen LogP) is 3.75. The number of halogens is 2. The topological polar surface area (TPSA) is 78.9 Å². The lowest BCUT2D eigenvalue weighted by atomic mass is 10.1. The maximum Gasteiger partial charge on any atom is 0.251 e. The quantitative estimate of drug-likeness (QED) is 0.771. The van der Waals surface area contributed by atoms with E-state index in [0.29, 0.717) is 16.8 Å². The van der Waals surface area contributed by atoms with Crippen molar-refractivity contribution in [3.05, 3.63) is 35.4 Å². The molecule has 23 heavy (non-hydrogen) atoms. The van der Waals surface area contributed by atoms with Crippen molar-refractivity contribution in [2.24, 2.45) is 0 Å². The van der Waals surface area contributed by atoms with Gasteiger partial charge >= 0.3 is 0 Å². The van der Waals surface area contributed by atoms with Gasteiger partial charge < -0.3 is 10.5 Å². The molecular formula is C15H15ClFN5O. The van der Waals surface area contributed by atoms with Crippen molar-refractivity contribution in [3.8, 4) is 11.6 Å². The summed E-state index contributed by atoms with van der Waals surface area (Å²) < 4.78 is 20.7. The highest BCUT2D eigenvalue weighted by atomic mass is 35.5. The third-order valence-electron chi connectivity index (χ3n) is 3.20. The van der Waals surface area contributed by atoms with Gasteiger partial charge in [0.05, 0.1) is 10.6 Å². The van der Waals surface area contributed by atoms with E-state index >= 15 is 0 Å². The van der Waals surface area contributed by atoms with Crippen LogP contribution in [0.2, 0.25) is 5.02 Å². The largest absolute Gasteiger partial charge is 0.437 e. The van der Waals surface area contributed by atoms with Crippen molar-refractivity contribution in [2.45, 2.75) is 26.3 Å². The molecule has 6 nitrogen and oxygen atoms in total. The zero-order valence-electron chi connectivity index (χ0n) is 12.8. The van der Waals surface area contributed by atoms with Crippen LogP contribution in [0.5, 0.6) is 11.6 Å². The first-order chi connectivity index (χ1) is 10.8. The number of rotatable bonds is 2. The van der Waals surface area contributed by atoms with E-state index < -0.39 is 5.82 Å². The van der Waals surface area contributed by atoms with Crippen molar-refractivity contribution in [1.29, 1.82) is 0 Å². The van der Waals surface area contributed by atoms with E-state index in [0.717, 1.165) is 0 Å². The third-order valence-corrected chi connectivity index (χ3v) is 3.49. The van der Waals surface area contributed by atoms with Gasteiger partial charge in [0.2, 0.25) is 0 Å². The summed E-state index contributed by atoms with van der Waals surface area (Å²) in [4.78, 5) is 8.23. The van der Waals surface area contributed by atoms with Crippen molar-refractivity contribution < 1.29 is 9.13 Å². The van der Waals surface area contributed by atoms with E-state index in [2.05, 4.69) is 15.1 Å². The summed E-state index contributed by atoms with van der Waals surface area (Å²) in [6, 6.07) is 4.06. The Kier molecular flexibility index (Phi) is 3.60. The number of anilines is 1. The second kappa shape index (κ2) is 5.34. The van der Waals surface area contributed by atoms with Crippen LogP contribution in [0.1, 0.15) is 20.8 Å². The van der Waals surface area contributed by atoms with Crippen molar-refractivity contribution in [1.82, 2.24) is 19.7 Å². The molecule has 0 amide bonds. The summed E-state index contributed by atoms with van der Waals surface area (Å²) in [7, 11) is 0. The Morgan fingerprint density at radius 1 is 1.26 bits per heavy atom. The molecule has 0 spiro atoms. The van der Waals surface area contributed by atoms with E-state index in [-0.39, 0.29) is 22.3 Å². The molecule has 0 unspecified atom stereocenters. The molecular weight excluding hydrogens is 321 g/mol. The molecule has 0 aliphatic heterocycles. The van der Waals surface area contributed by atoms with Crippen LogP contribution >= 0.6 is 11.6 Å². The van der Waals surface area contributed by atoms with Gasteiger partial charge in [0.1, 0.15) is 29.1 Å². The van der Waals surface area contributed by atoms with Gasteiger partial charge in [0.15, 0.2) is 5.65 Å². The lowest BCUT2D eigenvalue weighted by Gasteiger charge is -2.19. The molecule has 0 fully saturated rings. The molecule has 0 aliphatic carbocycles. The number of nitrogens with zero attached hydrogens (tertiary/aromatic N) is 4. The van der Waals surface area contributed by atoms with Gasteiger partial charge in [-0.1, -0.05) is 11.6 Å². The molecule has 0 saturated carbocycles. The number of nitrogens with two attached hydrogens (primary N) is 1. The summed E-state index contributed by atoms with van der Waals surface area (Å²) in [5.41, 5.74) is 6.18. The second-order valence-corrected chi connectivity index (χ2v) is 6.43. The highest BCUT2D eigenvalue weighted by molar-refractivity contribution is 6.30. The maximum absolute atomic E-state index is 13.3. The summed E-state index contributed by atoms with van der Waals surface area (Å²) in [6.45, 7) is 5.95. The Balaban J connectivity index is 2.15. The lowest BCUT2D eigenvalue weighted by molar-refractivity contribution is 0.349. The van der Waals surface area contributed by atoms with E-state index in [1.165, 1.54) is 24.5 Å². The Morgan fingerprint density at radius 3 is 2.65 bits per heavy atom. The molecule has 3 rings (SSSR count). The van der Waals surface area contributed by atoms with Gasteiger partial charge in [-0.2, -0.15) is 0 Å². The highest BCUT2D eigenvalue weighted by Crippen LogP contribution is 2.34. The maximum atomic E-state index is 13.3. The van der Waals surface area contributed by atoms with Crippen LogP contribution in [0, 0.1) is 5.82 Å². The molecule has 2 aromatic heterocycles. The molecule has 0 saturated heterocycles. The fourth-order valence-electron chi connectivity index (χ4n) is 2.13. The summed E-state index contributed by atoms with van der Waals surface area (Å²) in [5, 5.41) is 4.91. The van der Waals surface area contributed by atoms with Crippen LogP contribution in [0.3, 0.4) is 0 Å². The molecule has 0 radical (unpaired) electrons. The molecule has 2 heterocycles. The van der Waals surface area contributed by atoms with Gasteiger partial charge in [-0.3, -0.25) is 0 Å². The average Bonchev–Trinajstić information content (AvgIpc) is 2.83. The number of hydrogen-bond acceptors (Lipinski definition) is 5. The lowest BCUT2D eigenvalue weighted by Crippen LogP contribution is -2.23. The van der Waals surface area contributed by atoms with Gasteiger partial charge in [-0.05, 0) is 32.9 Å². The SMILES string of the molecule is CC(C)(C)n1nc(Oc2ccc(F)c(Cl)c2)c2c(N)ncnc21. The van der Waals surface area contributed by atoms with Gasteiger partial charge in [0.25, 0.3) is 5.88 Å². The van der Waals surface area contributed by atoms with Crippen LogP contribution in [0.4, 0.5) is 10.2 Å². The van der Waals surface area contributed by atoms with Crippen molar-refractivity contribution >= 4 is 28.5 Å². The summed E-state index contributed by atoms with van der Waals surface area (Å²) in [5.74, 6) is 0.330. The minimum atomic E-state index is -0.521. The Hall–Kier alpha value is -2.41. The van der Waals surface area contributed by atoms with Gasteiger partial charge in [-0.25, -0.2) is 19.0 Å². The van der Waals surface area contributed by atoms with Crippen LogP contribution < -0.4 is 10.5 Å². The zero-order valence-corrected chi connectivity index (χ0v) is 13.6. The first-order valence-electron chi connectivity index (χ1n) is 6.90. The normalized spacial score (nSPS) is 11.9. The molecule has 2 N–H and O–H groups in total. The van der Waals surface area contributed by atoms with E-state index in [4.69, 9.17) is 22.1 Å². The summed E-state index contributed by atoms with van der Waals surface area (Å²) >= 11 is 5.78. The number of ether oxygens (including phenoxy) is 1. The van der Waals surface area contributed by atoms with Crippen LogP contribution in [0.25, 0.3) is 11.0 Å².